The van der Waals surface area contributed by atoms with Crippen LogP contribution in [-0.4, -0.2) is 66.6 Å². The third-order valence-electron chi connectivity index (χ3n) is 15.1. The van der Waals surface area contributed by atoms with Crippen LogP contribution in [-0.2, 0) is 9.47 Å². The first-order valence-corrected chi connectivity index (χ1v) is 20.4. The van der Waals surface area contributed by atoms with Gasteiger partial charge in [0.15, 0.2) is 6.29 Å². The summed E-state index contributed by atoms with van der Waals surface area (Å²) in [6.07, 6.45) is -2.18. The van der Waals surface area contributed by atoms with Gasteiger partial charge in [-0.05, 0) is 111 Å². The van der Waals surface area contributed by atoms with E-state index in [0.717, 1.165) is 37.7 Å². The molecule has 0 radical (unpaired) electrons. The number of fused-ring (bicyclic) bond motifs is 5. The van der Waals surface area contributed by atoms with Crippen molar-refractivity contribution < 1.29 is 84.1 Å². The highest BCUT2D eigenvalue weighted by Gasteiger charge is 2.95. The van der Waals surface area contributed by atoms with E-state index < -0.39 is 85.4 Å². The summed E-state index contributed by atoms with van der Waals surface area (Å²) in [6, 6.07) is 0. The molecule has 3 saturated carbocycles. The molecule has 4 aliphatic carbocycles. The number of ether oxygens (including phenoxy) is 2. The minimum atomic E-state index is -8.66. The van der Waals surface area contributed by atoms with Crippen LogP contribution in [0, 0.1) is 52.3 Å². The van der Waals surface area contributed by atoms with E-state index in [-0.39, 0.29) is 29.6 Å². The maximum atomic E-state index is 15.6. The van der Waals surface area contributed by atoms with Crippen LogP contribution in [0.15, 0.2) is 11.6 Å². The molecule has 19 heteroatoms. The molecular weight excluding hydrogens is 835 g/mol. The normalized spacial score (nSPS) is 34.9. The smallest absolute Gasteiger partial charge is 0.352 e. The van der Waals surface area contributed by atoms with Crippen molar-refractivity contribution in [1.82, 2.24) is 0 Å². The lowest BCUT2D eigenvalue weighted by Gasteiger charge is -2.58. The molecule has 1 saturated heterocycles. The molecule has 59 heavy (non-hydrogen) atoms. The molecule has 0 aromatic rings. The van der Waals surface area contributed by atoms with Crippen LogP contribution < -0.4 is 0 Å². The van der Waals surface area contributed by atoms with Gasteiger partial charge in [0.05, 0.1) is 12.0 Å². The molecule has 344 valence electrons. The molecule has 0 amide bonds. The summed E-state index contributed by atoms with van der Waals surface area (Å²) < 4.78 is 250. The van der Waals surface area contributed by atoms with Crippen molar-refractivity contribution in [3.63, 3.8) is 0 Å². The van der Waals surface area contributed by atoms with E-state index in [4.69, 9.17) is 9.47 Å². The first kappa shape index (κ1) is 48.5. The van der Waals surface area contributed by atoms with Gasteiger partial charge in [0, 0.05) is 6.61 Å². The van der Waals surface area contributed by atoms with Gasteiger partial charge in [-0.3, -0.25) is 0 Å². The summed E-state index contributed by atoms with van der Waals surface area (Å²) in [5.41, 5.74) is 0.690. The van der Waals surface area contributed by atoms with E-state index >= 15 is 17.6 Å². The number of alkyl halides is 17. The van der Waals surface area contributed by atoms with E-state index in [0.29, 0.717) is 42.4 Å². The van der Waals surface area contributed by atoms with Crippen molar-refractivity contribution in [2.45, 2.75) is 178 Å². The van der Waals surface area contributed by atoms with Gasteiger partial charge < -0.3 is 9.47 Å². The van der Waals surface area contributed by atoms with Crippen molar-refractivity contribution in [2.75, 3.05) is 6.61 Å². The van der Waals surface area contributed by atoms with Gasteiger partial charge >= 0.3 is 47.6 Å². The molecule has 0 bridgehead atoms. The second-order valence-corrected chi connectivity index (χ2v) is 18.8. The van der Waals surface area contributed by atoms with Crippen molar-refractivity contribution >= 4 is 0 Å². The molecule has 0 unspecified atom stereocenters. The third-order valence-corrected chi connectivity index (χ3v) is 15.1. The first-order chi connectivity index (χ1) is 26.7. The Morgan fingerprint density at radius 1 is 0.678 bits per heavy atom. The summed E-state index contributed by atoms with van der Waals surface area (Å²) >= 11 is 0. The summed E-state index contributed by atoms with van der Waals surface area (Å²) in [5, 5.41) is 0. The van der Waals surface area contributed by atoms with Gasteiger partial charge in [-0.1, -0.05) is 65.5 Å². The fraction of sp³-hybridized carbons (Fsp3) is 0.950. The van der Waals surface area contributed by atoms with Crippen LogP contribution >= 0.6 is 0 Å². The number of halogens is 17. The molecule has 0 aromatic carbocycles. The van der Waals surface area contributed by atoms with Gasteiger partial charge in [0.25, 0.3) is 0 Å². The van der Waals surface area contributed by atoms with Gasteiger partial charge in [0.1, 0.15) is 0 Å². The SMILES string of the molecule is CC(C)CCC[C@@H](C)[C@H]1CC[C@H]2[C@@H]3CC=C4C[C@@H](O[C@H]5OCCC[C@H]5C(F)(F)C(F)(F)C(F)(F)C(F)(F)C(F)(F)C(F)(F)C(F)(F)C(F)(F)F)CC[C@]4(C)[C@H]3CC[C@]12C. The van der Waals surface area contributed by atoms with E-state index in [1.165, 1.54) is 12.8 Å². The topological polar surface area (TPSA) is 18.5 Å². The predicted molar refractivity (Wildman–Crippen MR) is 181 cm³/mol. The Morgan fingerprint density at radius 3 is 1.83 bits per heavy atom. The van der Waals surface area contributed by atoms with E-state index in [1.54, 1.807) is 0 Å². The Labute approximate surface area is 332 Å². The quantitative estimate of drug-likeness (QED) is 0.128. The molecule has 0 aromatic heterocycles. The fourth-order valence-corrected chi connectivity index (χ4v) is 11.6. The molecule has 10 atom stereocenters. The minimum Gasteiger partial charge on any atom is -0.352 e. The Kier molecular flexibility index (Phi) is 12.8. The molecule has 2 nitrogen and oxygen atoms in total. The molecular formula is C40H53F17O2. The first-order valence-electron chi connectivity index (χ1n) is 20.4. The van der Waals surface area contributed by atoms with Gasteiger partial charge in [-0.15, -0.1) is 0 Å². The van der Waals surface area contributed by atoms with Gasteiger partial charge in [0.2, 0.25) is 0 Å². The molecule has 5 aliphatic rings. The highest BCUT2D eigenvalue weighted by molar-refractivity contribution is 5.26. The second kappa shape index (κ2) is 15.6. The van der Waals surface area contributed by atoms with Crippen LogP contribution in [0.3, 0.4) is 0 Å². The minimum absolute atomic E-state index is 0.0641. The number of hydrogen-bond donors (Lipinski definition) is 0. The summed E-state index contributed by atoms with van der Waals surface area (Å²) in [5.74, 6) is -57.1. The predicted octanol–water partition coefficient (Wildman–Crippen LogP) is 14.2. The van der Waals surface area contributed by atoms with Crippen LogP contribution in [0.2, 0.25) is 0 Å². The molecule has 1 aliphatic heterocycles. The molecule has 0 N–H and O–H groups in total. The van der Waals surface area contributed by atoms with E-state index in [1.807, 2.05) is 0 Å². The lowest BCUT2D eigenvalue weighted by atomic mass is 9.47. The highest BCUT2D eigenvalue weighted by Crippen LogP contribution is 2.69. The highest BCUT2D eigenvalue weighted by atomic mass is 19.4. The summed E-state index contributed by atoms with van der Waals surface area (Å²) in [4.78, 5) is 0. The maximum Gasteiger partial charge on any atom is 0.460 e. The Balaban J connectivity index is 1.32. The number of hydrogen-bond acceptors (Lipinski definition) is 2. The third kappa shape index (κ3) is 7.40. The standard InChI is InChI=1S/C40H53F17O2/c1-21(2)8-6-9-22(3)26-13-14-27-25-12-11-23-20-24(15-17-31(23,4)28(25)16-18-32(26,27)5)59-30-29(10-7-19-58-30)33(41,42)34(43,44)35(45,46)36(47,48)37(49,50)38(51,52)39(53,54)40(55,56)57/h11,21-22,24-30H,6-10,12-20H2,1-5H3/t22-,24+,25+,26-,27+,28+,29-,30-,31+,32-/m1/s1. The zero-order valence-corrected chi connectivity index (χ0v) is 33.4. The average Bonchev–Trinajstić information content (AvgIpc) is 3.48. The van der Waals surface area contributed by atoms with Crippen LogP contribution in [0.4, 0.5) is 74.6 Å². The summed E-state index contributed by atoms with van der Waals surface area (Å²) in [7, 11) is 0. The number of allylic oxidation sites excluding steroid dienone is 1. The molecule has 0 spiro atoms. The Morgan fingerprint density at radius 2 is 1.25 bits per heavy atom. The molecule has 1 heterocycles. The average molecular weight is 889 g/mol. The lowest BCUT2D eigenvalue weighted by Crippen LogP contribution is -2.75. The van der Waals surface area contributed by atoms with E-state index in [9.17, 15) is 57.1 Å². The summed E-state index contributed by atoms with van der Waals surface area (Å²) in [6.45, 7) is 10.8. The zero-order valence-electron chi connectivity index (χ0n) is 33.4. The number of rotatable bonds is 14. The Bertz CT molecular complexity index is 1530. The van der Waals surface area contributed by atoms with Gasteiger partial charge in [-0.2, -0.15) is 74.6 Å². The van der Waals surface area contributed by atoms with Gasteiger partial charge in [-0.25, -0.2) is 0 Å². The van der Waals surface area contributed by atoms with Crippen molar-refractivity contribution in [3.8, 4) is 0 Å². The Hall–Kier alpha value is -1.53. The zero-order chi connectivity index (χ0) is 44.8. The maximum absolute atomic E-state index is 15.6. The largest absolute Gasteiger partial charge is 0.460 e. The monoisotopic (exact) mass is 888 g/mol. The van der Waals surface area contributed by atoms with E-state index in [2.05, 4.69) is 40.7 Å². The van der Waals surface area contributed by atoms with Crippen molar-refractivity contribution in [3.05, 3.63) is 11.6 Å². The fourth-order valence-electron chi connectivity index (χ4n) is 11.6. The van der Waals surface area contributed by atoms with Crippen LogP contribution in [0.25, 0.3) is 0 Å². The van der Waals surface area contributed by atoms with Crippen LogP contribution in [0.1, 0.15) is 118 Å². The molecule has 4 fully saturated rings. The second-order valence-electron chi connectivity index (χ2n) is 18.8. The molecule has 5 rings (SSSR count). The van der Waals surface area contributed by atoms with Crippen LogP contribution in [0.5, 0.6) is 0 Å². The lowest BCUT2D eigenvalue weighted by molar-refractivity contribution is -0.466. The van der Waals surface area contributed by atoms with Crippen molar-refractivity contribution in [1.29, 1.82) is 0 Å². The van der Waals surface area contributed by atoms with Crippen molar-refractivity contribution in [2.24, 2.45) is 52.3 Å².